The lowest BCUT2D eigenvalue weighted by Gasteiger charge is -2.10. The van der Waals surface area contributed by atoms with E-state index in [2.05, 4.69) is 36.8 Å². The highest BCUT2D eigenvalue weighted by molar-refractivity contribution is 9.10. The lowest BCUT2D eigenvalue weighted by Crippen LogP contribution is -2.20. The summed E-state index contributed by atoms with van der Waals surface area (Å²) in [5, 5.41) is 9.78. The molecule has 1 amide bonds. The van der Waals surface area contributed by atoms with E-state index < -0.39 is 0 Å². The average molecular weight is 521 g/mol. The van der Waals surface area contributed by atoms with Gasteiger partial charge in [-0.25, -0.2) is 4.98 Å². The van der Waals surface area contributed by atoms with E-state index in [0.29, 0.717) is 10.9 Å². The van der Waals surface area contributed by atoms with Crippen LogP contribution in [0.25, 0.3) is 11.3 Å². The van der Waals surface area contributed by atoms with Crippen molar-refractivity contribution in [1.29, 1.82) is 0 Å². The smallest absolute Gasteiger partial charge is 0.262 e. The summed E-state index contributed by atoms with van der Waals surface area (Å²) in [5.41, 5.74) is 7.49. The number of carbonyl (C=O) groups excluding carboxylic acids is 1. The average Bonchev–Trinajstić information content (AvgIpc) is 3.30. The Balaban J connectivity index is 1.37. The van der Waals surface area contributed by atoms with Gasteiger partial charge in [0.05, 0.1) is 11.9 Å². The Bertz CT molecular complexity index is 1260. The zero-order valence-electron chi connectivity index (χ0n) is 17.8. The minimum absolute atomic E-state index is 0.114. The number of halogens is 1. The molecule has 1 heterocycles. The molecule has 4 rings (SSSR count). The number of hydrogen-bond acceptors (Lipinski definition) is 6. The standard InChI is InChI=1S/C25H21BrN4O2S/c1-17-7-10-21(11-8-17)28-24(31)15-32-23-12-9-20(26)13-19(23)14-27-30-25-29-22(16-33-25)18-5-3-2-4-6-18/h2-14,16H,15H2,1H3,(H,28,31)(H,29,30). The summed E-state index contributed by atoms with van der Waals surface area (Å²) in [5.74, 6) is 0.311. The second-order valence-electron chi connectivity index (χ2n) is 7.16. The van der Waals surface area contributed by atoms with Gasteiger partial charge in [-0.2, -0.15) is 5.10 Å². The Hall–Kier alpha value is -3.49. The normalized spacial score (nSPS) is 10.8. The van der Waals surface area contributed by atoms with Gasteiger partial charge in [0.25, 0.3) is 5.91 Å². The quantitative estimate of drug-likeness (QED) is 0.210. The highest BCUT2D eigenvalue weighted by atomic mass is 79.9. The van der Waals surface area contributed by atoms with Gasteiger partial charge in [0.1, 0.15) is 5.75 Å². The van der Waals surface area contributed by atoms with Crippen molar-refractivity contribution in [3.05, 3.63) is 93.8 Å². The lowest BCUT2D eigenvalue weighted by molar-refractivity contribution is -0.118. The molecule has 0 aliphatic heterocycles. The van der Waals surface area contributed by atoms with Crippen molar-refractivity contribution < 1.29 is 9.53 Å². The predicted molar refractivity (Wildman–Crippen MR) is 138 cm³/mol. The largest absolute Gasteiger partial charge is 0.483 e. The molecule has 0 radical (unpaired) electrons. The van der Waals surface area contributed by atoms with Gasteiger partial charge in [0.2, 0.25) is 5.13 Å². The molecule has 0 aliphatic rings. The highest BCUT2D eigenvalue weighted by Gasteiger charge is 2.08. The van der Waals surface area contributed by atoms with Gasteiger partial charge in [-0.3, -0.25) is 10.2 Å². The fourth-order valence-electron chi connectivity index (χ4n) is 2.95. The van der Waals surface area contributed by atoms with Crippen LogP contribution in [0.4, 0.5) is 10.8 Å². The van der Waals surface area contributed by atoms with Gasteiger partial charge in [0.15, 0.2) is 6.61 Å². The molecule has 0 saturated carbocycles. The van der Waals surface area contributed by atoms with Crippen LogP contribution in [-0.2, 0) is 4.79 Å². The second-order valence-corrected chi connectivity index (χ2v) is 8.93. The first-order valence-corrected chi connectivity index (χ1v) is 11.8. The van der Waals surface area contributed by atoms with Crippen LogP contribution >= 0.6 is 27.3 Å². The number of ether oxygens (including phenoxy) is 1. The zero-order valence-corrected chi connectivity index (χ0v) is 20.2. The van der Waals surface area contributed by atoms with E-state index in [0.717, 1.165) is 32.5 Å². The first-order chi connectivity index (χ1) is 16.1. The third-order valence-electron chi connectivity index (χ3n) is 4.60. The topological polar surface area (TPSA) is 75.6 Å². The molecule has 0 fully saturated rings. The van der Waals surface area contributed by atoms with Crippen molar-refractivity contribution in [3.8, 4) is 17.0 Å². The van der Waals surface area contributed by atoms with E-state index in [1.807, 2.05) is 79.0 Å². The number of hydrazone groups is 1. The number of carbonyl (C=O) groups is 1. The fraction of sp³-hybridized carbons (Fsp3) is 0.0800. The first-order valence-electron chi connectivity index (χ1n) is 10.2. The summed E-state index contributed by atoms with van der Waals surface area (Å²) in [4.78, 5) is 16.8. The van der Waals surface area contributed by atoms with Gasteiger partial charge in [0, 0.05) is 26.7 Å². The summed E-state index contributed by atoms with van der Waals surface area (Å²) < 4.78 is 6.63. The fourth-order valence-corrected chi connectivity index (χ4v) is 4.00. The van der Waals surface area contributed by atoms with E-state index in [9.17, 15) is 4.79 Å². The minimum atomic E-state index is -0.237. The maximum atomic E-state index is 12.3. The molecule has 0 aliphatic carbocycles. The lowest BCUT2D eigenvalue weighted by atomic mass is 10.2. The molecule has 0 spiro atoms. The van der Waals surface area contributed by atoms with Crippen LogP contribution < -0.4 is 15.5 Å². The Labute approximate surface area is 204 Å². The SMILES string of the molecule is Cc1ccc(NC(=O)COc2ccc(Br)cc2C=NNc2nc(-c3ccccc3)cs2)cc1. The third kappa shape index (κ3) is 6.50. The van der Waals surface area contributed by atoms with Crippen molar-refractivity contribution in [2.24, 2.45) is 5.10 Å². The maximum absolute atomic E-state index is 12.3. The molecule has 6 nitrogen and oxygen atoms in total. The van der Waals surface area contributed by atoms with Crippen molar-refractivity contribution >= 4 is 50.2 Å². The molecule has 0 atom stereocenters. The van der Waals surface area contributed by atoms with Crippen LogP contribution in [0.3, 0.4) is 0 Å². The molecule has 0 bridgehead atoms. The van der Waals surface area contributed by atoms with Crippen LogP contribution in [0.15, 0.2) is 87.8 Å². The van der Waals surface area contributed by atoms with E-state index in [1.54, 1.807) is 12.3 Å². The van der Waals surface area contributed by atoms with Gasteiger partial charge in [-0.1, -0.05) is 64.0 Å². The van der Waals surface area contributed by atoms with Crippen molar-refractivity contribution in [2.75, 3.05) is 17.3 Å². The Kier molecular flexibility index (Phi) is 7.49. The Morgan fingerprint density at radius 2 is 1.91 bits per heavy atom. The van der Waals surface area contributed by atoms with E-state index >= 15 is 0 Å². The summed E-state index contributed by atoms with van der Waals surface area (Å²) in [6.07, 6.45) is 1.64. The predicted octanol–water partition coefficient (Wildman–Crippen LogP) is 6.34. The van der Waals surface area contributed by atoms with Crippen LogP contribution in [-0.4, -0.2) is 23.7 Å². The van der Waals surface area contributed by atoms with E-state index in [-0.39, 0.29) is 12.5 Å². The second kappa shape index (κ2) is 10.9. The van der Waals surface area contributed by atoms with Crippen LogP contribution in [0.5, 0.6) is 5.75 Å². The molecule has 33 heavy (non-hydrogen) atoms. The number of rotatable bonds is 8. The molecule has 1 aromatic heterocycles. The number of aromatic nitrogens is 1. The number of aryl methyl sites for hydroxylation is 1. The van der Waals surface area contributed by atoms with E-state index in [1.165, 1.54) is 11.3 Å². The summed E-state index contributed by atoms with van der Waals surface area (Å²) in [7, 11) is 0. The highest BCUT2D eigenvalue weighted by Crippen LogP contribution is 2.25. The molecule has 2 N–H and O–H groups in total. The molecule has 166 valence electrons. The summed E-state index contributed by atoms with van der Waals surface area (Å²) >= 11 is 4.94. The van der Waals surface area contributed by atoms with Gasteiger partial charge in [-0.15, -0.1) is 11.3 Å². The number of amides is 1. The van der Waals surface area contributed by atoms with E-state index in [4.69, 9.17) is 4.74 Å². The van der Waals surface area contributed by atoms with Crippen molar-refractivity contribution in [2.45, 2.75) is 6.92 Å². The summed E-state index contributed by atoms with van der Waals surface area (Å²) in [6.45, 7) is 1.88. The number of thiazole rings is 1. The van der Waals surface area contributed by atoms with Gasteiger partial charge in [-0.05, 0) is 37.3 Å². The molecule has 0 unspecified atom stereocenters. The molecular weight excluding hydrogens is 500 g/mol. The number of anilines is 2. The number of nitrogens with one attached hydrogen (secondary N) is 2. The van der Waals surface area contributed by atoms with Crippen LogP contribution in [0.2, 0.25) is 0 Å². The molecule has 4 aromatic rings. The number of nitrogens with zero attached hydrogens (tertiary/aromatic N) is 2. The number of hydrogen-bond donors (Lipinski definition) is 2. The van der Waals surface area contributed by atoms with Crippen LogP contribution in [0, 0.1) is 6.92 Å². The minimum Gasteiger partial charge on any atom is -0.483 e. The van der Waals surface area contributed by atoms with Gasteiger partial charge < -0.3 is 10.1 Å². The molecule has 3 aromatic carbocycles. The molecule has 0 saturated heterocycles. The Morgan fingerprint density at radius 3 is 2.70 bits per heavy atom. The third-order valence-corrected chi connectivity index (χ3v) is 5.84. The molecule has 8 heteroatoms. The van der Waals surface area contributed by atoms with Crippen LogP contribution in [0.1, 0.15) is 11.1 Å². The zero-order chi connectivity index (χ0) is 23.0. The van der Waals surface area contributed by atoms with Crippen molar-refractivity contribution in [1.82, 2.24) is 4.98 Å². The Morgan fingerprint density at radius 1 is 1.12 bits per heavy atom. The maximum Gasteiger partial charge on any atom is 0.262 e. The van der Waals surface area contributed by atoms with Gasteiger partial charge >= 0.3 is 0 Å². The summed E-state index contributed by atoms with van der Waals surface area (Å²) in [6, 6.07) is 23.1. The first kappa shape index (κ1) is 22.7. The number of benzene rings is 3. The monoisotopic (exact) mass is 520 g/mol. The van der Waals surface area contributed by atoms with Crippen molar-refractivity contribution in [3.63, 3.8) is 0 Å². The molecular formula is C25H21BrN4O2S.